The molecule has 0 spiro atoms. The SMILES string of the molecule is CC[C@](C)(Oc1cc([C@@H](O)[C@@H](C(=O)OC)N(C)Cc2ccc(OC)cc2)ccc1OCc1ccccc1)[C@H](N=[N+]=[N-])C(=O)NCC(=O)OC(C)(C)C. The summed E-state index contributed by atoms with van der Waals surface area (Å²) in [5.74, 6) is -1.05. The number of hydrogen-bond donors (Lipinski definition) is 2. The van der Waals surface area contributed by atoms with Gasteiger partial charge in [-0.05, 0) is 87.7 Å². The van der Waals surface area contributed by atoms with Gasteiger partial charge >= 0.3 is 11.9 Å². The Kier molecular flexibility index (Phi) is 14.9. The summed E-state index contributed by atoms with van der Waals surface area (Å²) in [4.78, 5) is 43.5. The van der Waals surface area contributed by atoms with Crippen LogP contribution < -0.4 is 19.5 Å². The first-order valence-corrected chi connectivity index (χ1v) is 16.8. The minimum absolute atomic E-state index is 0.108. The topological polar surface area (TPSA) is 182 Å². The maximum absolute atomic E-state index is 13.4. The lowest BCUT2D eigenvalue weighted by Gasteiger charge is -2.35. The van der Waals surface area contributed by atoms with Gasteiger partial charge in [0, 0.05) is 11.5 Å². The molecule has 0 saturated heterocycles. The summed E-state index contributed by atoms with van der Waals surface area (Å²) in [7, 11) is 4.51. The Labute approximate surface area is 304 Å². The first-order valence-electron chi connectivity index (χ1n) is 16.8. The van der Waals surface area contributed by atoms with Gasteiger partial charge in [-0.15, -0.1) is 0 Å². The van der Waals surface area contributed by atoms with Gasteiger partial charge in [0.2, 0.25) is 5.91 Å². The fraction of sp³-hybridized carbons (Fsp3) is 0.447. The first kappa shape index (κ1) is 41.1. The number of rotatable bonds is 18. The fourth-order valence-corrected chi connectivity index (χ4v) is 5.32. The number of nitrogens with zero attached hydrogens (tertiary/aromatic N) is 4. The number of ether oxygens (including phenoxy) is 5. The minimum atomic E-state index is -1.48. The van der Waals surface area contributed by atoms with E-state index in [1.54, 1.807) is 77.9 Å². The van der Waals surface area contributed by atoms with Crippen LogP contribution in [0.5, 0.6) is 17.2 Å². The number of benzene rings is 3. The van der Waals surface area contributed by atoms with Gasteiger partial charge in [0.25, 0.3) is 0 Å². The quantitative estimate of drug-likeness (QED) is 0.0720. The maximum Gasteiger partial charge on any atom is 0.326 e. The van der Waals surface area contributed by atoms with Crippen LogP contribution >= 0.6 is 0 Å². The van der Waals surface area contributed by atoms with Crippen molar-refractivity contribution in [3.05, 3.63) is 99.9 Å². The van der Waals surface area contributed by atoms with Crippen LogP contribution in [0.2, 0.25) is 0 Å². The first-order chi connectivity index (χ1) is 24.6. The Morgan fingerprint density at radius 1 is 0.962 bits per heavy atom. The Morgan fingerprint density at radius 2 is 1.63 bits per heavy atom. The molecule has 14 nitrogen and oxygen atoms in total. The Hall–Kier alpha value is -5.30. The standard InChI is InChI=1S/C38H49N5O9/c1-9-38(5,34(41-42-39)35(46)40-22-31(44)52-37(2,3)4)51-30-21-27(17-20-29(30)50-24-26-13-11-10-12-14-26)33(45)32(36(47)49-8)43(6)23-25-15-18-28(48-7)19-16-25/h10-21,32-34,45H,9,22-24H2,1-8H3,(H,40,46)/t32-,33+,34+,38-/m0/s1. The third-order valence-corrected chi connectivity index (χ3v) is 8.22. The molecule has 1 amide bonds. The summed E-state index contributed by atoms with van der Waals surface area (Å²) in [6, 6.07) is 18.9. The second kappa shape index (κ2) is 18.8. The number of azide groups is 1. The number of nitrogens with one attached hydrogen (secondary N) is 1. The molecule has 0 heterocycles. The van der Waals surface area contributed by atoms with Crippen LogP contribution in [0, 0.1) is 0 Å². The molecular formula is C38H49N5O9. The van der Waals surface area contributed by atoms with E-state index in [-0.39, 0.29) is 30.1 Å². The Balaban J connectivity index is 2.00. The number of aliphatic hydroxyl groups excluding tert-OH is 1. The van der Waals surface area contributed by atoms with Gasteiger partial charge in [0.1, 0.15) is 42.2 Å². The smallest absolute Gasteiger partial charge is 0.326 e. The molecule has 14 heteroatoms. The molecule has 3 rings (SSSR count). The minimum Gasteiger partial charge on any atom is -0.497 e. The molecule has 0 aliphatic rings. The Morgan fingerprint density at radius 3 is 2.21 bits per heavy atom. The highest BCUT2D eigenvalue weighted by Crippen LogP contribution is 2.38. The van der Waals surface area contributed by atoms with Crippen molar-refractivity contribution >= 4 is 17.8 Å². The van der Waals surface area contributed by atoms with E-state index in [0.29, 0.717) is 12.3 Å². The summed E-state index contributed by atoms with van der Waals surface area (Å²) in [6.45, 7) is 8.43. The molecule has 280 valence electrons. The molecule has 2 N–H and O–H groups in total. The van der Waals surface area contributed by atoms with E-state index in [1.807, 2.05) is 42.5 Å². The van der Waals surface area contributed by atoms with E-state index in [1.165, 1.54) is 13.2 Å². The molecule has 0 saturated carbocycles. The van der Waals surface area contributed by atoms with Crippen LogP contribution in [0.25, 0.3) is 10.4 Å². The summed E-state index contributed by atoms with van der Waals surface area (Å²) in [5.41, 5.74) is 9.23. The molecule has 0 aliphatic heterocycles. The predicted molar refractivity (Wildman–Crippen MR) is 194 cm³/mol. The van der Waals surface area contributed by atoms with E-state index in [2.05, 4.69) is 15.3 Å². The van der Waals surface area contributed by atoms with Gasteiger partial charge in [0.15, 0.2) is 17.5 Å². The van der Waals surface area contributed by atoms with Crippen molar-refractivity contribution in [1.82, 2.24) is 10.2 Å². The number of methoxy groups -OCH3 is 2. The average molecular weight is 720 g/mol. The van der Waals surface area contributed by atoms with Crippen LogP contribution in [0.4, 0.5) is 0 Å². The monoisotopic (exact) mass is 719 g/mol. The number of hydrogen-bond acceptors (Lipinski definition) is 11. The highest BCUT2D eigenvalue weighted by atomic mass is 16.6. The molecule has 0 radical (unpaired) electrons. The van der Waals surface area contributed by atoms with Gasteiger partial charge in [-0.25, -0.2) is 0 Å². The number of esters is 2. The van der Waals surface area contributed by atoms with E-state index in [9.17, 15) is 25.0 Å². The summed E-state index contributed by atoms with van der Waals surface area (Å²) in [5, 5.41) is 18.0. The number of carbonyl (C=O) groups is 3. The Bertz CT molecular complexity index is 1690. The molecule has 0 unspecified atom stereocenters. The summed E-state index contributed by atoms with van der Waals surface area (Å²) < 4.78 is 28.3. The van der Waals surface area contributed by atoms with Crippen molar-refractivity contribution in [3.63, 3.8) is 0 Å². The van der Waals surface area contributed by atoms with Crippen molar-refractivity contribution < 1.29 is 43.2 Å². The predicted octanol–water partition coefficient (Wildman–Crippen LogP) is 5.67. The van der Waals surface area contributed by atoms with Gasteiger partial charge in [-0.2, -0.15) is 0 Å². The molecule has 3 aromatic rings. The highest BCUT2D eigenvalue weighted by molar-refractivity contribution is 5.87. The van der Waals surface area contributed by atoms with Crippen molar-refractivity contribution in [2.24, 2.45) is 5.11 Å². The summed E-state index contributed by atoms with van der Waals surface area (Å²) in [6.07, 6.45) is -1.24. The lowest BCUT2D eigenvalue weighted by atomic mass is 9.92. The molecular weight excluding hydrogens is 670 g/mol. The molecule has 3 aromatic carbocycles. The zero-order valence-corrected chi connectivity index (χ0v) is 31.0. The van der Waals surface area contributed by atoms with E-state index in [0.717, 1.165) is 11.1 Å². The third kappa shape index (κ3) is 11.6. The van der Waals surface area contributed by atoms with Crippen LogP contribution in [0.3, 0.4) is 0 Å². The maximum atomic E-state index is 13.4. The van der Waals surface area contributed by atoms with Crippen molar-refractivity contribution in [3.8, 4) is 17.2 Å². The van der Waals surface area contributed by atoms with Crippen LogP contribution in [0.15, 0.2) is 77.9 Å². The second-order valence-electron chi connectivity index (χ2n) is 13.3. The van der Waals surface area contributed by atoms with E-state index >= 15 is 0 Å². The van der Waals surface area contributed by atoms with E-state index in [4.69, 9.17) is 23.7 Å². The third-order valence-electron chi connectivity index (χ3n) is 8.22. The number of likely N-dealkylation sites (N-methyl/N-ethyl adjacent to an activating group) is 1. The van der Waals surface area contributed by atoms with Crippen molar-refractivity contribution in [2.45, 2.75) is 83.6 Å². The van der Waals surface area contributed by atoms with Gasteiger partial charge in [0.05, 0.1) is 14.2 Å². The lowest BCUT2D eigenvalue weighted by Crippen LogP contribution is -2.52. The van der Waals surface area contributed by atoms with Crippen molar-refractivity contribution in [1.29, 1.82) is 0 Å². The van der Waals surface area contributed by atoms with Crippen LogP contribution in [0.1, 0.15) is 63.8 Å². The highest BCUT2D eigenvalue weighted by Gasteiger charge is 2.41. The summed E-state index contributed by atoms with van der Waals surface area (Å²) >= 11 is 0. The number of carbonyl (C=O) groups excluding carboxylic acids is 3. The number of aliphatic hydroxyl groups is 1. The van der Waals surface area contributed by atoms with Gasteiger partial charge < -0.3 is 34.1 Å². The van der Waals surface area contributed by atoms with E-state index < -0.39 is 53.8 Å². The largest absolute Gasteiger partial charge is 0.497 e. The zero-order valence-electron chi connectivity index (χ0n) is 31.0. The van der Waals surface area contributed by atoms with Gasteiger partial charge in [-0.3, -0.25) is 19.3 Å². The average Bonchev–Trinajstić information content (AvgIpc) is 3.12. The van der Waals surface area contributed by atoms with Gasteiger partial charge in [-0.1, -0.05) is 60.6 Å². The normalized spacial score (nSPS) is 14.1. The molecule has 4 atom stereocenters. The number of amides is 1. The molecule has 52 heavy (non-hydrogen) atoms. The molecule has 0 bridgehead atoms. The fourth-order valence-electron chi connectivity index (χ4n) is 5.32. The lowest BCUT2D eigenvalue weighted by molar-refractivity contribution is -0.155. The zero-order chi connectivity index (χ0) is 38.5. The van der Waals surface area contributed by atoms with Crippen molar-refractivity contribution in [2.75, 3.05) is 27.8 Å². The molecule has 0 aliphatic carbocycles. The second-order valence-corrected chi connectivity index (χ2v) is 13.3. The molecule has 0 fully saturated rings. The van der Waals surface area contributed by atoms with Crippen LogP contribution in [-0.2, 0) is 37.0 Å². The molecule has 0 aromatic heterocycles. The van der Waals surface area contributed by atoms with Crippen LogP contribution in [-0.4, -0.2) is 79.0 Å².